The molecule has 88 valence electrons. The Hall–Kier alpha value is -2.10. The monoisotopic (exact) mass is 232 g/mol. The summed E-state index contributed by atoms with van der Waals surface area (Å²) in [5, 5.41) is 2.68. The molecule has 3 nitrogen and oxygen atoms in total. The van der Waals surface area contributed by atoms with Gasteiger partial charge in [-0.3, -0.25) is 4.90 Å². The lowest BCUT2D eigenvalue weighted by atomic mass is 10.0. The Kier molecular flexibility index (Phi) is 3.23. The molecule has 0 radical (unpaired) electrons. The van der Waals surface area contributed by atoms with Gasteiger partial charge in [-0.2, -0.15) is 0 Å². The largest absolute Gasteiger partial charge is 0.334 e. The van der Waals surface area contributed by atoms with E-state index in [1.165, 1.54) is 12.1 Å². The molecule has 1 aliphatic heterocycles. The molecule has 17 heavy (non-hydrogen) atoms. The van der Waals surface area contributed by atoms with Crippen molar-refractivity contribution in [3.8, 4) is 0 Å². The van der Waals surface area contributed by atoms with E-state index in [1.54, 1.807) is 29.3 Å². The third-order valence-electron chi connectivity index (χ3n) is 2.53. The van der Waals surface area contributed by atoms with Gasteiger partial charge in [-0.15, -0.1) is 6.58 Å². The highest BCUT2D eigenvalue weighted by molar-refractivity contribution is 5.85. The maximum Gasteiger partial charge on any atom is 0.321 e. The highest BCUT2D eigenvalue weighted by atomic mass is 19.1. The number of urea groups is 1. The molecule has 0 fully saturated rings. The normalized spacial score (nSPS) is 13.7. The first-order valence-electron chi connectivity index (χ1n) is 5.32. The zero-order valence-corrected chi connectivity index (χ0v) is 9.32. The van der Waals surface area contributed by atoms with Crippen LogP contribution in [0.2, 0.25) is 0 Å². The van der Waals surface area contributed by atoms with Crippen LogP contribution >= 0.6 is 0 Å². The molecule has 0 spiro atoms. The van der Waals surface area contributed by atoms with Gasteiger partial charge in [-0.1, -0.05) is 18.2 Å². The summed E-state index contributed by atoms with van der Waals surface area (Å²) in [6.45, 7) is 4.53. The number of benzene rings is 1. The third-order valence-corrected chi connectivity index (χ3v) is 2.53. The minimum Gasteiger partial charge on any atom is -0.334 e. The zero-order chi connectivity index (χ0) is 12.3. The first-order valence-corrected chi connectivity index (χ1v) is 5.32. The maximum absolute atomic E-state index is 12.7. The maximum atomic E-state index is 12.7. The second-order valence-electron chi connectivity index (χ2n) is 3.76. The second-order valence-corrected chi connectivity index (χ2v) is 3.76. The molecule has 0 aliphatic carbocycles. The number of nitrogens with one attached hydrogen (secondary N) is 1. The number of amides is 2. The average molecular weight is 232 g/mol. The molecular weight excluding hydrogens is 219 g/mol. The summed E-state index contributed by atoms with van der Waals surface area (Å²) in [4.78, 5) is 13.0. The molecule has 0 saturated carbocycles. The van der Waals surface area contributed by atoms with Crippen molar-refractivity contribution in [2.45, 2.75) is 0 Å². The smallest absolute Gasteiger partial charge is 0.321 e. The van der Waals surface area contributed by atoms with Gasteiger partial charge in [0.05, 0.1) is 6.54 Å². The number of carbonyl (C=O) groups is 1. The summed E-state index contributed by atoms with van der Waals surface area (Å²) in [5.74, 6) is -0.255. The minimum atomic E-state index is -0.255. The summed E-state index contributed by atoms with van der Waals surface area (Å²) in [6, 6.07) is 6.10. The van der Waals surface area contributed by atoms with Crippen molar-refractivity contribution in [2.75, 3.05) is 13.1 Å². The molecule has 0 saturated heterocycles. The molecule has 1 N–H and O–H groups in total. The Bertz CT molecular complexity index is 465. The van der Waals surface area contributed by atoms with Gasteiger partial charge in [0.25, 0.3) is 0 Å². The highest BCUT2D eigenvalue weighted by Crippen LogP contribution is 2.24. The van der Waals surface area contributed by atoms with Crippen molar-refractivity contribution < 1.29 is 9.18 Å². The van der Waals surface area contributed by atoms with E-state index in [9.17, 15) is 9.18 Å². The van der Waals surface area contributed by atoms with Gasteiger partial charge in [-0.05, 0) is 23.3 Å². The number of nitrogens with zero attached hydrogens (tertiary/aromatic N) is 1. The van der Waals surface area contributed by atoms with Crippen LogP contribution in [0.5, 0.6) is 0 Å². The third kappa shape index (κ3) is 2.53. The zero-order valence-electron chi connectivity index (χ0n) is 9.32. The Morgan fingerprint density at radius 3 is 2.71 bits per heavy atom. The van der Waals surface area contributed by atoms with E-state index in [0.717, 1.165) is 11.1 Å². The van der Waals surface area contributed by atoms with Gasteiger partial charge >= 0.3 is 6.03 Å². The lowest BCUT2D eigenvalue weighted by molar-refractivity contribution is 0.217. The summed E-state index contributed by atoms with van der Waals surface area (Å²) in [6.07, 6.45) is 3.38. The van der Waals surface area contributed by atoms with Crippen LogP contribution in [-0.4, -0.2) is 24.0 Å². The van der Waals surface area contributed by atoms with Gasteiger partial charge in [0.1, 0.15) is 5.82 Å². The lowest BCUT2D eigenvalue weighted by Crippen LogP contribution is -2.42. The van der Waals surface area contributed by atoms with E-state index in [2.05, 4.69) is 11.9 Å². The van der Waals surface area contributed by atoms with Crippen LogP contribution in [0, 0.1) is 5.82 Å². The summed E-state index contributed by atoms with van der Waals surface area (Å²) < 4.78 is 12.7. The fraction of sp³-hybridized carbons (Fsp3) is 0.154. The molecule has 2 rings (SSSR count). The van der Waals surface area contributed by atoms with E-state index in [-0.39, 0.29) is 11.8 Å². The van der Waals surface area contributed by atoms with Gasteiger partial charge < -0.3 is 5.32 Å². The fourth-order valence-corrected chi connectivity index (χ4v) is 1.57. The number of halogens is 1. The molecule has 0 aromatic heterocycles. The Morgan fingerprint density at radius 1 is 1.47 bits per heavy atom. The van der Waals surface area contributed by atoms with E-state index < -0.39 is 0 Å². The van der Waals surface area contributed by atoms with Crippen molar-refractivity contribution in [3.05, 3.63) is 54.5 Å². The first-order chi connectivity index (χ1) is 8.20. The van der Waals surface area contributed by atoms with Crippen LogP contribution in [0.15, 0.2) is 43.1 Å². The summed E-state index contributed by atoms with van der Waals surface area (Å²) in [7, 11) is 0. The van der Waals surface area contributed by atoms with Crippen molar-refractivity contribution in [1.29, 1.82) is 0 Å². The molecule has 2 amide bonds. The summed E-state index contributed by atoms with van der Waals surface area (Å²) >= 11 is 0. The topological polar surface area (TPSA) is 32.3 Å². The Morgan fingerprint density at radius 2 is 2.12 bits per heavy atom. The molecule has 1 aliphatic rings. The fourth-order valence-electron chi connectivity index (χ4n) is 1.57. The van der Waals surface area contributed by atoms with Gasteiger partial charge in [-0.25, -0.2) is 9.18 Å². The molecule has 1 heterocycles. The van der Waals surface area contributed by atoms with Crippen LogP contribution in [0.25, 0.3) is 5.57 Å². The Labute approximate surface area is 99.2 Å². The molecular formula is C13H13FN2O. The highest BCUT2D eigenvalue weighted by Gasteiger charge is 2.22. The Balaban J connectivity index is 1.97. The molecule has 0 unspecified atom stereocenters. The van der Waals surface area contributed by atoms with Crippen LogP contribution in [0.3, 0.4) is 0 Å². The van der Waals surface area contributed by atoms with Crippen molar-refractivity contribution >= 4 is 11.6 Å². The number of carbonyl (C=O) groups excluding carboxylic acids is 1. The molecule has 1 aromatic carbocycles. The van der Waals surface area contributed by atoms with Crippen molar-refractivity contribution in [3.63, 3.8) is 0 Å². The molecule has 0 atom stereocenters. The molecule has 0 bridgehead atoms. The number of hydrogen-bond donors (Lipinski definition) is 1. The van der Waals surface area contributed by atoms with Gasteiger partial charge in [0.2, 0.25) is 0 Å². The number of hydrogen-bond acceptors (Lipinski definition) is 1. The van der Waals surface area contributed by atoms with Crippen molar-refractivity contribution in [1.82, 2.24) is 10.2 Å². The van der Waals surface area contributed by atoms with Crippen molar-refractivity contribution in [2.24, 2.45) is 0 Å². The van der Waals surface area contributed by atoms with Crippen LogP contribution in [0.1, 0.15) is 5.56 Å². The summed E-state index contributed by atoms with van der Waals surface area (Å²) in [5.41, 5.74) is 1.97. The van der Waals surface area contributed by atoms with E-state index in [1.807, 2.05) is 0 Å². The van der Waals surface area contributed by atoms with Crippen LogP contribution in [-0.2, 0) is 0 Å². The predicted molar refractivity (Wildman–Crippen MR) is 64.7 cm³/mol. The first kappa shape index (κ1) is 11.4. The van der Waals surface area contributed by atoms with E-state index in [0.29, 0.717) is 13.1 Å². The van der Waals surface area contributed by atoms with Gasteiger partial charge in [0.15, 0.2) is 0 Å². The number of rotatable bonds is 3. The SMILES string of the molecule is C=CCNC(=O)N1C=C(c2ccc(F)cc2)C1. The average Bonchev–Trinajstić information content (AvgIpc) is 2.27. The van der Waals surface area contributed by atoms with E-state index in [4.69, 9.17) is 0 Å². The minimum absolute atomic E-state index is 0.143. The van der Waals surface area contributed by atoms with E-state index >= 15 is 0 Å². The molecule has 1 aromatic rings. The van der Waals surface area contributed by atoms with Crippen LogP contribution in [0.4, 0.5) is 9.18 Å². The second kappa shape index (κ2) is 4.82. The predicted octanol–water partition coefficient (Wildman–Crippen LogP) is 2.38. The lowest BCUT2D eigenvalue weighted by Gasteiger charge is -2.29. The standard InChI is InChI=1S/C13H13FN2O/c1-2-7-15-13(17)16-8-11(9-16)10-3-5-12(14)6-4-10/h2-6,8H,1,7,9H2,(H,15,17). The quantitative estimate of drug-likeness (QED) is 0.797. The van der Waals surface area contributed by atoms with Crippen LogP contribution < -0.4 is 5.32 Å². The van der Waals surface area contributed by atoms with Gasteiger partial charge in [0, 0.05) is 12.7 Å². The molecule has 4 heteroatoms.